The van der Waals surface area contributed by atoms with E-state index in [9.17, 15) is 14.4 Å². The third kappa shape index (κ3) is 5.04. The first kappa shape index (κ1) is 23.8. The first-order valence-corrected chi connectivity index (χ1v) is 12.7. The Morgan fingerprint density at radius 3 is 2.69 bits per heavy atom. The minimum absolute atomic E-state index is 0.230. The number of aromatic nitrogens is 2. The predicted octanol–water partition coefficient (Wildman–Crippen LogP) is 4.59. The van der Waals surface area contributed by atoms with Gasteiger partial charge in [0.05, 0.1) is 22.2 Å². The van der Waals surface area contributed by atoms with Crippen LogP contribution in [0.1, 0.15) is 35.1 Å². The average Bonchev–Trinajstić information content (AvgIpc) is 3.05. The third-order valence-corrected chi connectivity index (χ3v) is 7.37. The highest BCUT2D eigenvalue weighted by molar-refractivity contribution is 8.00. The Morgan fingerprint density at radius 1 is 1.06 bits per heavy atom. The fraction of sp³-hybridized carbons (Fsp3) is 0.214. The molecule has 36 heavy (non-hydrogen) atoms. The van der Waals surface area contributed by atoms with Crippen LogP contribution in [-0.2, 0) is 16.0 Å². The number of carbonyl (C=O) groups is 2. The molecule has 0 bridgehead atoms. The number of anilines is 1. The van der Waals surface area contributed by atoms with Crippen molar-refractivity contribution in [3.8, 4) is 0 Å². The van der Waals surface area contributed by atoms with Crippen LogP contribution in [0.4, 0.5) is 5.69 Å². The summed E-state index contributed by atoms with van der Waals surface area (Å²) in [6.45, 7) is 2.36. The second kappa shape index (κ2) is 10.4. The maximum absolute atomic E-state index is 13.1. The van der Waals surface area contributed by atoms with Crippen molar-refractivity contribution in [2.24, 2.45) is 0 Å². The zero-order valence-electron chi connectivity index (χ0n) is 19.8. The summed E-state index contributed by atoms with van der Waals surface area (Å²) in [6.07, 6.45) is 1.09. The van der Waals surface area contributed by atoms with Crippen LogP contribution in [0.15, 0.2) is 82.5 Å². The Morgan fingerprint density at radius 2 is 1.81 bits per heavy atom. The second-order valence-electron chi connectivity index (χ2n) is 8.67. The molecule has 1 N–H and O–H groups in total. The Hall–Kier alpha value is -3.91. The van der Waals surface area contributed by atoms with Crippen molar-refractivity contribution in [1.82, 2.24) is 9.97 Å². The Kier molecular flexibility index (Phi) is 6.86. The molecule has 0 fully saturated rings. The molecule has 0 saturated carbocycles. The molecule has 182 valence electrons. The minimum atomic E-state index is -0.590. The summed E-state index contributed by atoms with van der Waals surface area (Å²) in [6, 6.07) is 21.9. The maximum atomic E-state index is 13.1. The van der Waals surface area contributed by atoms with Crippen LogP contribution in [-0.4, -0.2) is 40.2 Å². The molecule has 0 radical (unpaired) electrons. The van der Waals surface area contributed by atoms with Crippen LogP contribution in [0.2, 0.25) is 0 Å². The molecular weight excluding hydrogens is 474 g/mol. The molecule has 5 rings (SSSR count). The van der Waals surface area contributed by atoms with Crippen molar-refractivity contribution in [2.75, 3.05) is 18.1 Å². The first-order chi connectivity index (χ1) is 17.5. The van der Waals surface area contributed by atoms with Gasteiger partial charge in [0.1, 0.15) is 5.82 Å². The van der Waals surface area contributed by atoms with Crippen molar-refractivity contribution >= 4 is 40.2 Å². The van der Waals surface area contributed by atoms with Crippen LogP contribution in [0, 0.1) is 0 Å². The van der Waals surface area contributed by atoms with Gasteiger partial charge in [-0.15, -0.1) is 11.8 Å². The monoisotopic (exact) mass is 499 g/mol. The highest BCUT2D eigenvalue weighted by Crippen LogP contribution is 2.37. The number of amides is 1. The van der Waals surface area contributed by atoms with Gasteiger partial charge in [-0.05, 0) is 42.3 Å². The predicted molar refractivity (Wildman–Crippen MR) is 141 cm³/mol. The normalized spacial score (nSPS) is 15.2. The largest absolute Gasteiger partial charge is 0.452 e. The van der Waals surface area contributed by atoms with Crippen LogP contribution in [0.25, 0.3) is 10.9 Å². The molecule has 1 aromatic heterocycles. The van der Waals surface area contributed by atoms with E-state index in [-0.39, 0.29) is 24.5 Å². The van der Waals surface area contributed by atoms with Gasteiger partial charge in [0.2, 0.25) is 0 Å². The number of ether oxygens (including phenoxy) is 1. The van der Waals surface area contributed by atoms with Crippen molar-refractivity contribution in [2.45, 2.75) is 29.9 Å². The molecule has 7 nitrogen and oxygen atoms in total. The molecule has 8 heteroatoms. The highest BCUT2D eigenvalue weighted by Gasteiger charge is 2.25. The number of nitrogens with one attached hydrogen (secondary N) is 1. The number of aromatic amines is 1. The van der Waals surface area contributed by atoms with E-state index in [0.717, 1.165) is 17.0 Å². The zero-order valence-corrected chi connectivity index (χ0v) is 20.6. The lowest BCUT2D eigenvalue weighted by molar-refractivity contribution is -0.121. The number of hydrogen-bond acceptors (Lipinski definition) is 6. The fourth-order valence-corrected chi connectivity index (χ4v) is 5.41. The maximum Gasteiger partial charge on any atom is 0.338 e. The van der Waals surface area contributed by atoms with Crippen molar-refractivity contribution in [1.29, 1.82) is 0 Å². The van der Waals surface area contributed by atoms with Gasteiger partial charge in [-0.25, -0.2) is 9.78 Å². The number of H-pyrrole nitrogens is 1. The Labute approximate surface area is 212 Å². The van der Waals surface area contributed by atoms with E-state index in [1.807, 2.05) is 36.4 Å². The summed E-state index contributed by atoms with van der Waals surface area (Å²) in [4.78, 5) is 48.6. The lowest BCUT2D eigenvalue weighted by Crippen LogP contribution is -2.35. The van der Waals surface area contributed by atoms with E-state index in [1.165, 1.54) is 0 Å². The molecule has 1 aliphatic rings. The van der Waals surface area contributed by atoms with E-state index >= 15 is 0 Å². The van der Waals surface area contributed by atoms with Gasteiger partial charge < -0.3 is 14.6 Å². The number of thioether (sulfide) groups is 1. The number of fused-ring (bicyclic) bond motifs is 2. The van der Waals surface area contributed by atoms with Gasteiger partial charge in [-0.3, -0.25) is 9.59 Å². The molecule has 0 saturated heterocycles. The number of para-hydroxylation sites is 2. The van der Waals surface area contributed by atoms with Gasteiger partial charge in [0.25, 0.3) is 11.5 Å². The van der Waals surface area contributed by atoms with E-state index in [1.54, 1.807) is 53.1 Å². The number of carbonyl (C=O) groups excluding carboxylic acids is 2. The summed E-state index contributed by atoms with van der Waals surface area (Å²) in [5.74, 6) is -0.403. The number of rotatable bonds is 5. The van der Waals surface area contributed by atoms with Crippen LogP contribution >= 0.6 is 11.8 Å². The minimum Gasteiger partial charge on any atom is -0.452 e. The second-order valence-corrected chi connectivity index (χ2v) is 10.2. The SMILES string of the molecule is CC1CCN(C(=O)COC(=O)c2ccccc2Cc2nc3ccccc3c(=O)[nH]2)c2ccccc2S1. The summed E-state index contributed by atoms with van der Waals surface area (Å²) < 4.78 is 5.47. The summed E-state index contributed by atoms with van der Waals surface area (Å²) in [5, 5.41) is 0.892. The van der Waals surface area contributed by atoms with Gasteiger partial charge in [0.15, 0.2) is 6.61 Å². The van der Waals surface area contributed by atoms with Crippen molar-refractivity contribution in [3.05, 3.63) is 100 Å². The van der Waals surface area contributed by atoms with E-state index in [2.05, 4.69) is 16.9 Å². The van der Waals surface area contributed by atoms with E-state index < -0.39 is 5.97 Å². The zero-order chi connectivity index (χ0) is 25.1. The molecule has 3 aromatic carbocycles. The van der Waals surface area contributed by atoms with Crippen LogP contribution in [0.3, 0.4) is 0 Å². The average molecular weight is 500 g/mol. The Balaban J connectivity index is 1.32. The molecule has 1 aliphatic heterocycles. The Bertz CT molecular complexity index is 1500. The molecule has 0 aliphatic carbocycles. The molecule has 0 spiro atoms. The smallest absolute Gasteiger partial charge is 0.338 e. The molecule has 1 amide bonds. The van der Waals surface area contributed by atoms with Gasteiger partial charge in [-0.2, -0.15) is 0 Å². The topological polar surface area (TPSA) is 92.4 Å². The summed E-state index contributed by atoms with van der Waals surface area (Å²) >= 11 is 1.75. The van der Waals surface area contributed by atoms with Gasteiger partial charge in [-0.1, -0.05) is 49.4 Å². The third-order valence-electron chi connectivity index (χ3n) is 6.13. The quantitative estimate of drug-likeness (QED) is 0.404. The highest BCUT2D eigenvalue weighted by atomic mass is 32.2. The van der Waals surface area contributed by atoms with Gasteiger partial charge >= 0.3 is 5.97 Å². The van der Waals surface area contributed by atoms with E-state index in [4.69, 9.17) is 4.74 Å². The molecular formula is C28H25N3O4S. The van der Waals surface area contributed by atoms with Crippen LogP contribution in [0.5, 0.6) is 0 Å². The van der Waals surface area contributed by atoms with E-state index in [0.29, 0.717) is 39.6 Å². The molecule has 1 atom stereocenters. The molecule has 4 aromatic rings. The summed E-state index contributed by atoms with van der Waals surface area (Å²) in [7, 11) is 0. The molecule has 1 unspecified atom stereocenters. The van der Waals surface area contributed by atoms with Crippen molar-refractivity contribution < 1.29 is 14.3 Å². The lowest BCUT2D eigenvalue weighted by atomic mass is 10.0. The number of esters is 1. The standard InChI is InChI=1S/C28H25N3O4S/c1-18-14-15-31(23-12-6-7-13-24(23)36-18)26(32)17-35-28(34)20-9-3-2-8-19(20)16-25-29-22-11-5-4-10-21(22)27(33)30-25/h2-13,18H,14-17H2,1H3,(H,29,30,33). The number of nitrogens with zero attached hydrogens (tertiary/aromatic N) is 2. The fourth-order valence-electron chi connectivity index (χ4n) is 4.30. The summed E-state index contributed by atoms with van der Waals surface area (Å²) in [5.41, 5.74) is 2.19. The van der Waals surface area contributed by atoms with Crippen LogP contribution < -0.4 is 10.5 Å². The number of hydrogen-bond donors (Lipinski definition) is 1. The number of benzene rings is 3. The first-order valence-electron chi connectivity index (χ1n) is 11.8. The van der Waals surface area contributed by atoms with Crippen molar-refractivity contribution in [3.63, 3.8) is 0 Å². The van der Waals surface area contributed by atoms with Gasteiger partial charge in [0, 0.05) is 23.1 Å². The lowest BCUT2D eigenvalue weighted by Gasteiger charge is -2.22. The molecule has 2 heterocycles.